The fourth-order valence-corrected chi connectivity index (χ4v) is 1.24. The van der Waals surface area contributed by atoms with Gasteiger partial charge in [-0.05, 0) is 12.5 Å². The first-order valence-corrected chi connectivity index (χ1v) is 4.34. The standard InChI is InChI=1S/C8H13N3S/c1-3-6-4-7(5-8(9)12)11(2)10-6/h4H,3,5H2,1-2H3,(H2,9,12). The van der Waals surface area contributed by atoms with Crippen molar-refractivity contribution in [2.75, 3.05) is 0 Å². The Hall–Kier alpha value is -0.900. The van der Waals surface area contributed by atoms with Crippen LogP contribution in [0.4, 0.5) is 0 Å². The molecule has 1 aromatic heterocycles. The van der Waals surface area contributed by atoms with Crippen LogP contribution in [0.3, 0.4) is 0 Å². The Labute approximate surface area is 77.6 Å². The Bertz CT molecular complexity index is 290. The Morgan fingerprint density at radius 1 is 1.75 bits per heavy atom. The van der Waals surface area contributed by atoms with Gasteiger partial charge in [-0.25, -0.2) is 0 Å². The van der Waals surface area contributed by atoms with Crippen LogP contribution in [0.15, 0.2) is 6.07 Å². The Morgan fingerprint density at radius 2 is 2.42 bits per heavy atom. The van der Waals surface area contributed by atoms with Crippen LogP contribution in [-0.4, -0.2) is 14.8 Å². The van der Waals surface area contributed by atoms with Crippen molar-refractivity contribution >= 4 is 17.2 Å². The second-order valence-electron chi connectivity index (χ2n) is 2.75. The molecule has 0 aromatic carbocycles. The van der Waals surface area contributed by atoms with E-state index in [-0.39, 0.29) is 0 Å². The van der Waals surface area contributed by atoms with Gasteiger partial charge in [0.15, 0.2) is 0 Å². The normalized spacial score (nSPS) is 10.2. The maximum atomic E-state index is 5.43. The van der Waals surface area contributed by atoms with Gasteiger partial charge in [-0.1, -0.05) is 19.1 Å². The van der Waals surface area contributed by atoms with Crippen molar-refractivity contribution in [3.8, 4) is 0 Å². The summed E-state index contributed by atoms with van der Waals surface area (Å²) in [6.45, 7) is 2.08. The van der Waals surface area contributed by atoms with Gasteiger partial charge in [0.2, 0.25) is 0 Å². The molecular formula is C8H13N3S. The predicted molar refractivity (Wildman–Crippen MR) is 53.1 cm³/mol. The fourth-order valence-electron chi connectivity index (χ4n) is 1.09. The number of nitrogens with two attached hydrogens (primary N) is 1. The number of hydrogen-bond donors (Lipinski definition) is 1. The number of aryl methyl sites for hydroxylation is 2. The molecule has 0 saturated heterocycles. The number of nitrogens with zero attached hydrogens (tertiary/aromatic N) is 2. The quantitative estimate of drug-likeness (QED) is 0.705. The number of rotatable bonds is 3. The molecule has 0 amide bonds. The molecule has 66 valence electrons. The highest BCUT2D eigenvalue weighted by molar-refractivity contribution is 7.80. The second kappa shape index (κ2) is 3.67. The molecule has 0 unspecified atom stereocenters. The van der Waals surface area contributed by atoms with Crippen LogP contribution < -0.4 is 5.73 Å². The van der Waals surface area contributed by atoms with E-state index in [0.29, 0.717) is 11.4 Å². The summed E-state index contributed by atoms with van der Waals surface area (Å²) in [4.78, 5) is 0.514. The molecule has 0 radical (unpaired) electrons. The van der Waals surface area contributed by atoms with E-state index in [1.54, 1.807) is 0 Å². The summed E-state index contributed by atoms with van der Waals surface area (Å²) < 4.78 is 1.83. The first-order chi connectivity index (χ1) is 5.63. The minimum absolute atomic E-state index is 0.514. The highest BCUT2D eigenvalue weighted by Crippen LogP contribution is 2.04. The van der Waals surface area contributed by atoms with E-state index in [0.717, 1.165) is 17.8 Å². The maximum Gasteiger partial charge on any atom is 0.0787 e. The van der Waals surface area contributed by atoms with E-state index in [1.807, 2.05) is 17.8 Å². The van der Waals surface area contributed by atoms with Crippen LogP contribution in [0.2, 0.25) is 0 Å². The average Bonchev–Trinajstić information content (AvgIpc) is 2.31. The zero-order chi connectivity index (χ0) is 9.14. The van der Waals surface area contributed by atoms with Crippen LogP contribution in [-0.2, 0) is 19.9 Å². The van der Waals surface area contributed by atoms with E-state index in [4.69, 9.17) is 18.0 Å². The number of thiocarbonyl (C=S) groups is 1. The Morgan fingerprint density at radius 3 is 2.83 bits per heavy atom. The molecule has 1 aromatic rings. The topological polar surface area (TPSA) is 43.8 Å². The lowest BCUT2D eigenvalue weighted by Crippen LogP contribution is -2.13. The minimum atomic E-state index is 0.514. The van der Waals surface area contributed by atoms with E-state index in [9.17, 15) is 0 Å². The monoisotopic (exact) mass is 183 g/mol. The molecule has 0 saturated carbocycles. The summed E-state index contributed by atoms with van der Waals surface area (Å²) in [5.41, 5.74) is 7.60. The summed E-state index contributed by atoms with van der Waals surface area (Å²) in [7, 11) is 1.91. The first kappa shape index (κ1) is 9.19. The summed E-state index contributed by atoms with van der Waals surface area (Å²) in [6, 6.07) is 2.04. The van der Waals surface area contributed by atoms with Crippen LogP contribution in [0.1, 0.15) is 18.3 Å². The largest absolute Gasteiger partial charge is 0.393 e. The molecule has 1 heterocycles. The molecule has 4 heteroatoms. The third-order valence-electron chi connectivity index (χ3n) is 1.74. The van der Waals surface area contributed by atoms with Gasteiger partial charge < -0.3 is 5.73 Å². The average molecular weight is 183 g/mol. The highest BCUT2D eigenvalue weighted by Gasteiger charge is 2.03. The molecule has 0 atom stereocenters. The van der Waals surface area contributed by atoms with Gasteiger partial charge in [-0.2, -0.15) is 5.10 Å². The zero-order valence-corrected chi connectivity index (χ0v) is 8.19. The van der Waals surface area contributed by atoms with Gasteiger partial charge in [0.25, 0.3) is 0 Å². The van der Waals surface area contributed by atoms with Crippen molar-refractivity contribution in [3.05, 3.63) is 17.5 Å². The SMILES string of the molecule is CCc1cc(CC(N)=S)n(C)n1. The Balaban J connectivity index is 2.84. The van der Waals surface area contributed by atoms with Crippen molar-refractivity contribution in [1.82, 2.24) is 9.78 Å². The van der Waals surface area contributed by atoms with Crippen molar-refractivity contribution in [1.29, 1.82) is 0 Å². The molecule has 0 spiro atoms. The molecule has 0 bridgehead atoms. The van der Waals surface area contributed by atoms with Crippen molar-refractivity contribution < 1.29 is 0 Å². The summed E-state index contributed by atoms with van der Waals surface area (Å²) in [6.07, 6.45) is 1.59. The smallest absolute Gasteiger partial charge is 0.0787 e. The van der Waals surface area contributed by atoms with Gasteiger partial charge in [-0.3, -0.25) is 4.68 Å². The number of hydrogen-bond acceptors (Lipinski definition) is 2. The summed E-state index contributed by atoms with van der Waals surface area (Å²) >= 11 is 4.82. The predicted octanol–water partition coefficient (Wildman–Crippen LogP) is 0.811. The zero-order valence-electron chi connectivity index (χ0n) is 7.37. The van der Waals surface area contributed by atoms with Gasteiger partial charge >= 0.3 is 0 Å². The van der Waals surface area contributed by atoms with E-state index < -0.39 is 0 Å². The van der Waals surface area contributed by atoms with E-state index in [1.165, 1.54) is 0 Å². The molecule has 0 aliphatic heterocycles. The van der Waals surface area contributed by atoms with Crippen LogP contribution in [0.5, 0.6) is 0 Å². The lowest BCUT2D eigenvalue weighted by atomic mass is 10.2. The van der Waals surface area contributed by atoms with E-state index >= 15 is 0 Å². The summed E-state index contributed by atoms with van der Waals surface area (Å²) in [5, 5.41) is 4.28. The van der Waals surface area contributed by atoms with Gasteiger partial charge in [0, 0.05) is 19.2 Å². The van der Waals surface area contributed by atoms with Gasteiger partial charge in [-0.15, -0.1) is 0 Å². The second-order valence-corrected chi connectivity index (χ2v) is 3.27. The minimum Gasteiger partial charge on any atom is -0.393 e. The molecule has 2 N–H and O–H groups in total. The highest BCUT2D eigenvalue weighted by atomic mass is 32.1. The lowest BCUT2D eigenvalue weighted by molar-refractivity contribution is 0.716. The summed E-state index contributed by atoms with van der Waals surface area (Å²) in [5.74, 6) is 0. The van der Waals surface area contributed by atoms with Crippen LogP contribution in [0, 0.1) is 0 Å². The molecule has 0 aliphatic carbocycles. The molecule has 1 rings (SSSR count). The molecule has 3 nitrogen and oxygen atoms in total. The van der Waals surface area contributed by atoms with Crippen molar-refractivity contribution in [2.45, 2.75) is 19.8 Å². The van der Waals surface area contributed by atoms with Crippen molar-refractivity contribution in [2.24, 2.45) is 12.8 Å². The van der Waals surface area contributed by atoms with Crippen LogP contribution in [0.25, 0.3) is 0 Å². The molecular weight excluding hydrogens is 170 g/mol. The van der Waals surface area contributed by atoms with Gasteiger partial charge in [0.05, 0.1) is 10.7 Å². The Kier molecular flexibility index (Phi) is 2.81. The number of aromatic nitrogens is 2. The molecule has 0 aliphatic rings. The van der Waals surface area contributed by atoms with Crippen LogP contribution >= 0.6 is 12.2 Å². The molecule has 12 heavy (non-hydrogen) atoms. The first-order valence-electron chi connectivity index (χ1n) is 3.93. The third kappa shape index (κ3) is 2.04. The fraction of sp³-hybridized carbons (Fsp3) is 0.500. The maximum absolute atomic E-state index is 5.43. The van der Waals surface area contributed by atoms with Gasteiger partial charge in [0.1, 0.15) is 0 Å². The van der Waals surface area contributed by atoms with Crippen molar-refractivity contribution in [3.63, 3.8) is 0 Å². The third-order valence-corrected chi connectivity index (χ3v) is 1.89. The molecule has 0 fully saturated rings. The van der Waals surface area contributed by atoms with E-state index in [2.05, 4.69) is 12.0 Å². The lowest BCUT2D eigenvalue weighted by Gasteiger charge is -1.97.